The van der Waals surface area contributed by atoms with Gasteiger partial charge in [0.15, 0.2) is 5.78 Å². The number of hydrogen-bond donors (Lipinski definition) is 0. The first-order valence-electron chi connectivity index (χ1n) is 5.08. The first kappa shape index (κ1) is 12.8. The molecule has 0 saturated carbocycles. The van der Waals surface area contributed by atoms with E-state index in [-0.39, 0.29) is 5.78 Å². The van der Waals surface area contributed by atoms with Crippen LogP contribution in [0.5, 0.6) is 0 Å². The molecule has 17 heavy (non-hydrogen) atoms. The van der Waals surface area contributed by atoms with Gasteiger partial charge in [-0.05, 0) is 52.7 Å². The van der Waals surface area contributed by atoms with Crippen molar-refractivity contribution in [2.45, 2.75) is 13.3 Å². The molecule has 1 aromatic heterocycles. The summed E-state index contributed by atoms with van der Waals surface area (Å²) in [5.74, 6) is 0.133. The quantitative estimate of drug-likeness (QED) is 0.732. The molecule has 0 radical (unpaired) electrons. The lowest BCUT2D eigenvalue weighted by atomic mass is 10.0. The second-order valence-electron chi connectivity index (χ2n) is 3.79. The van der Waals surface area contributed by atoms with Crippen molar-refractivity contribution in [2.24, 2.45) is 0 Å². The molecule has 4 heteroatoms. The van der Waals surface area contributed by atoms with Crippen LogP contribution in [0.25, 0.3) is 0 Å². The van der Waals surface area contributed by atoms with E-state index in [0.717, 1.165) is 20.5 Å². The summed E-state index contributed by atoms with van der Waals surface area (Å²) in [5, 5.41) is 2.65. The molecule has 0 aliphatic heterocycles. The summed E-state index contributed by atoms with van der Waals surface area (Å²) in [6.45, 7) is 1.91. The van der Waals surface area contributed by atoms with Gasteiger partial charge in [-0.1, -0.05) is 11.6 Å². The molecular formula is C13H10BrClOS. The number of halogens is 2. The molecule has 88 valence electrons. The van der Waals surface area contributed by atoms with Crippen molar-refractivity contribution in [1.82, 2.24) is 0 Å². The molecular weight excluding hydrogens is 320 g/mol. The van der Waals surface area contributed by atoms with Crippen LogP contribution >= 0.6 is 38.9 Å². The van der Waals surface area contributed by atoms with Crippen LogP contribution in [0, 0.1) is 6.92 Å². The molecule has 0 saturated heterocycles. The molecule has 1 aromatic carbocycles. The Morgan fingerprint density at radius 2 is 2.18 bits per heavy atom. The molecule has 0 spiro atoms. The van der Waals surface area contributed by atoms with Gasteiger partial charge in [-0.25, -0.2) is 0 Å². The van der Waals surface area contributed by atoms with Crippen molar-refractivity contribution in [1.29, 1.82) is 0 Å². The standard InChI is InChI=1S/C13H10BrClOS/c1-8-4-10(15)2-3-12(8)13(16)6-11-5-9(14)7-17-11/h2-5,7H,6H2,1H3. The summed E-state index contributed by atoms with van der Waals surface area (Å²) in [6, 6.07) is 7.35. The molecule has 0 amide bonds. The van der Waals surface area contributed by atoms with E-state index in [1.807, 2.05) is 24.4 Å². The first-order valence-corrected chi connectivity index (χ1v) is 7.13. The molecule has 0 unspecified atom stereocenters. The number of aryl methyl sites for hydroxylation is 1. The Hall–Kier alpha value is -0.640. The van der Waals surface area contributed by atoms with Crippen LogP contribution in [-0.2, 0) is 6.42 Å². The summed E-state index contributed by atoms with van der Waals surface area (Å²) in [4.78, 5) is 13.2. The van der Waals surface area contributed by atoms with Crippen LogP contribution in [-0.4, -0.2) is 5.78 Å². The van der Waals surface area contributed by atoms with Gasteiger partial charge in [0, 0.05) is 31.7 Å². The second kappa shape index (κ2) is 5.34. The van der Waals surface area contributed by atoms with Gasteiger partial charge in [0.1, 0.15) is 0 Å². The highest BCUT2D eigenvalue weighted by Gasteiger charge is 2.11. The normalized spacial score (nSPS) is 10.5. The number of hydrogen-bond acceptors (Lipinski definition) is 2. The van der Waals surface area contributed by atoms with Gasteiger partial charge in [0.2, 0.25) is 0 Å². The fourth-order valence-electron chi connectivity index (χ4n) is 1.64. The molecule has 0 N–H and O–H groups in total. The van der Waals surface area contributed by atoms with Crippen LogP contribution < -0.4 is 0 Å². The van der Waals surface area contributed by atoms with E-state index < -0.39 is 0 Å². The van der Waals surface area contributed by atoms with Crippen molar-refractivity contribution in [3.8, 4) is 0 Å². The van der Waals surface area contributed by atoms with Crippen molar-refractivity contribution >= 4 is 44.7 Å². The predicted molar refractivity (Wildman–Crippen MR) is 76.2 cm³/mol. The topological polar surface area (TPSA) is 17.1 Å². The van der Waals surface area contributed by atoms with Gasteiger partial charge >= 0.3 is 0 Å². The summed E-state index contributed by atoms with van der Waals surface area (Å²) in [7, 11) is 0. The number of Topliss-reactive ketones (excluding diaryl/α,β-unsaturated/α-hetero) is 1. The van der Waals surface area contributed by atoms with Gasteiger partial charge in [0.05, 0.1) is 0 Å². The lowest BCUT2D eigenvalue weighted by Gasteiger charge is -2.04. The lowest BCUT2D eigenvalue weighted by molar-refractivity contribution is 0.0993. The Balaban J connectivity index is 2.20. The maximum absolute atomic E-state index is 12.1. The number of carbonyl (C=O) groups is 1. The molecule has 0 fully saturated rings. The molecule has 2 aromatic rings. The largest absolute Gasteiger partial charge is 0.294 e. The fraction of sp³-hybridized carbons (Fsp3) is 0.154. The van der Waals surface area contributed by atoms with E-state index in [9.17, 15) is 4.79 Å². The number of benzene rings is 1. The Bertz CT molecular complexity index is 562. The van der Waals surface area contributed by atoms with E-state index in [1.54, 1.807) is 23.5 Å². The van der Waals surface area contributed by atoms with Crippen LogP contribution in [0.1, 0.15) is 20.8 Å². The van der Waals surface area contributed by atoms with Crippen LogP contribution in [0.2, 0.25) is 5.02 Å². The lowest BCUT2D eigenvalue weighted by Crippen LogP contribution is -2.04. The summed E-state index contributed by atoms with van der Waals surface area (Å²) >= 11 is 10.8. The van der Waals surface area contributed by atoms with Crippen LogP contribution in [0.3, 0.4) is 0 Å². The summed E-state index contributed by atoms with van der Waals surface area (Å²) in [5.41, 5.74) is 1.68. The van der Waals surface area contributed by atoms with Gasteiger partial charge < -0.3 is 0 Å². The highest BCUT2D eigenvalue weighted by Crippen LogP contribution is 2.22. The third-order valence-corrected chi connectivity index (χ3v) is 4.38. The van der Waals surface area contributed by atoms with Crippen molar-refractivity contribution in [2.75, 3.05) is 0 Å². The summed E-state index contributed by atoms with van der Waals surface area (Å²) in [6.07, 6.45) is 0.443. The van der Waals surface area contributed by atoms with Gasteiger partial charge in [-0.2, -0.15) is 0 Å². The van der Waals surface area contributed by atoms with Crippen molar-refractivity contribution in [3.05, 3.63) is 55.1 Å². The first-order chi connectivity index (χ1) is 8.06. The monoisotopic (exact) mass is 328 g/mol. The third-order valence-electron chi connectivity index (χ3n) is 2.45. The zero-order chi connectivity index (χ0) is 12.4. The van der Waals surface area contributed by atoms with E-state index in [4.69, 9.17) is 11.6 Å². The zero-order valence-corrected chi connectivity index (χ0v) is 12.3. The SMILES string of the molecule is Cc1cc(Cl)ccc1C(=O)Cc1cc(Br)cs1. The van der Waals surface area contributed by atoms with Crippen molar-refractivity contribution < 1.29 is 4.79 Å². The smallest absolute Gasteiger partial charge is 0.168 e. The van der Waals surface area contributed by atoms with Gasteiger partial charge in [0.25, 0.3) is 0 Å². The number of carbonyl (C=O) groups excluding carboxylic acids is 1. The zero-order valence-electron chi connectivity index (χ0n) is 9.17. The minimum Gasteiger partial charge on any atom is -0.294 e. The second-order valence-corrected chi connectivity index (χ2v) is 6.14. The van der Waals surface area contributed by atoms with Gasteiger partial charge in [-0.3, -0.25) is 4.79 Å². The van der Waals surface area contributed by atoms with E-state index in [1.165, 1.54) is 0 Å². The molecule has 0 atom stereocenters. The average molecular weight is 330 g/mol. The minimum atomic E-state index is 0.133. The predicted octanol–water partition coefficient (Wildman–Crippen LogP) is 4.90. The van der Waals surface area contributed by atoms with Crippen LogP contribution in [0.4, 0.5) is 0 Å². The Kier molecular flexibility index (Phi) is 4.02. The van der Waals surface area contributed by atoms with Gasteiger partial charge in [-0.15, -0.1) is 11.3 Å². The Morgan fingerprint density at radius 1 is 1.41 bits per heavy atom. The maximum atomic E-state index is 12.1. The van der Waals surface area contributed by atoms with E-state index in [0.29, 0.717) is 11.4 Å². The fourth-order valence-corrected chi connectivity index (χ4v) is 3.32. The number of ketones is 1. The van der Waals surface area contributed by atoms with E-state index >= 15 is 0 Å². The minimum absolute atomic E-state index is 0.133. The Morgan fingerprint density at radius 3 is 2.76 bits per heavy atom. The average Bonchev–Trinajstić information content (AvgIpc) is 2.63. The molecule has 0 aliphatic carbocycles. The molecule has 1 nitrogen and oxygen atoms in total. The third kappa shape index (κ3) is 3.18. The van der Waals surface area contributed by atoms with E-state index in [2.05, 4.69) is 15.9 Å². The molecule has 1 heterocycles. The number of rotatable bonds is 3. The van der Waals surface area contributed by atoms with Crippen molar-refractivity contribution in [3.63, 3.8) is 0 Å². The highest BCUT2D eigenvalue weighted by molar-refractivity contribution is 9.10. The molecule has 0 aliphatic rings. The molecule has 2 rings (SSSR count). The maximum Gasteiger partial charge on any atom is 0.168 e. The number of thiophene rings is 1. The Labute approximate surface area is 118 Å². The molecule has 0 bridgehead atoms. The highest BCUT2D eigenvalue weighted by atomic mass is 79.9. The summed E-state index contributed by atoms with van der Waals surface area (Å²) < 4.78 is 1.03. The van der Waals surface area contributed by atoms with Crippen LogP contribution in [0.15, 0.2) is 34.1 Å².